The Morgan fingerprint density at radius 3 is 2.17 bits per heavy atom. The van der Waals surface area contributed by atoms with Gasteiger partial charge in [0.05, 0.1) is 0 Å². The van der Waals surface area contributed by atoms with Crippen LogP contribution >= 0.6 is 0 Å². The van der Waals surface area contributed by atoms with E-state index in [-0.39, 0.29) is 0 Å². The van der Waals surface area contributed by atoms with Crippen LogP contribution in [0.25, 0.3) is 44.5 Å². The van der Waals surface area contributed by atoms with E-state index in [2.05, 4.69) is 109 Å². The van der Waals surface area contributed by atoms with Gasteiger partial charge in [0.1, 0.15) is 0 Å². The van der Waals surface area contributed by atoms with Crippen molar-refractivity contribution < 1.29 is 0 Å². The van der Waals surface area contributed by atoms with Crippen LogP contribution in [0.5, 0.6) is 0 Å². The van der Waals surface area contributed by atoms with Crippen molar-refractivity contribution in [3.63, 3.8) is 0 Å². The molecule has 0 heteroatoms. The third-order valence-electron chi connectivity index (χ3n) is 6.03. The minimum absolute atomic E-state index is 1.00. The van der Waals surface area contributed by atoms with Gasteiger partial charge in [0.25, 0.3) is 0 Å². The van der Waals surface area contributed by atoms with Crippen LogP contribution < -0.4 is 0 Å². The van der Waals surface area contributed by atoms with Crippen molar-refractivity contribution in [1.29, 1.82) is 0 Å². The quantitative estimate of drug-likeness (QED) is 0.220. The molecule has 0 N–H and O–H groups in total. The summed E-state index contributed by atoms with van der Waals surface area (Å²) in [6, 6.07) is 33.0. The smallest absolute Gasteiger partial charge is 0.00194 e. The van der Waals surface area contributed by atoms with Crippen molar-refractivity contribution in [1.82, 2.24) is 0 Å². The number of allylic oxidation sites excluding steroid dienone is 2. The maximum atomic E-state index is 2.37. The van der Waals surface area contributed by atoms with E-state index in [1.165, 1.54) is 54.6 Å². The van der Waals surface area contributed by atoms with E-state index in [1.54, 1.807) is 0 Å². The van der Waals surface area contributed by atoms with Crippen LogP contribution in [0.4, 0.5) is 0 Å². The molecule has 0 amide bonds. The molecular weight excluding hydrogens is 348 g/mol. The summed E-state index contributed by atoms with van der Waals surface area (Å²) in [6.07, 6.45) is 7.84. The van der Waals surface area contributed by atoms with Crippen LogP contribution in [-0.4, -0.2) is 0 Å². The lowest BCUT2D eigenvalue weighted by Crippen LogP contribution is -1.86. The van der Waals surface area contributed by atoms with Gasteiger partial charge in [-0.3, -0.25) is 0 Å². The summed E-state index contributed by atoms with van der Waals surface area (Å²) in [5, 5.41) is 7.95. The second-order valence-corrected chi connectivity index (χ2v) is 7.86. The Balaban J connectivity index is 1.49. The van der Waals surface area contributed by atoms with Crippen LogP contribution in [0.1, 0.15) is 16.7 Å². The number of fused-ring (bicyclic) bond motifs is 6. The fraction of sp³-hybridized carbons (Fsp3) is 0.0345. The summed E-state index contributed by atoms with van der Waals surface area (Å²) in [5.74, 6) is 0. The molecule has 0 radical (unpaired) electrons. The molecule has 0 aromatic heterocycles. The van der Waals surface area contributed by atoms with Crippen LogP contribution in [0.2, 0.25) is 0 Å². The van der Waals surface area contributed by atoms with Crippen LogP contribution in [-0.2, 0) is 6.42 Å². The molecule has 5 aromatic rings. The van der Waals surface area contributed by atoms with Crippen LogP contribution in [0.15, 0.2) is 103 Å². The monoisotopic (exact) mass is 368 g/mol. The fourth-order valence-corrected chi connectivity index (χ4v) is 4.55. The van der Waals surface area contributed by atoms with E-state index < -0.39 is 0 Å². The summed E-state index contributed by atoms with van der Waals surface area (Å²) >= 11 is 0. The molecule has 0 saturated carbocycles. The molecule has 0 spiro atoms. The van der Waals surface area contributed by atoms with Gasteiger partial charge in [0, 0.05) is 0 Å². The molecule has 29 heavy (non-hydrogen) atoms. The SMILES string of the molecule is C1=C(/C=C/c2ccccc2)Cc2ccc3c(ccc4cc5ccccc5cc43)c21. The maximum Gasteiger partial charge on any atom is -0.00194 e. The summed E-state index contributed by atoms with van der Waals surface area (Å²) < 4.78 is 0. The first-order valence-electron chi connectivity index (χ1n) is 10.2. The zero-order valence-electron chi connectivity index (χ0n) is 16.1. The standard InChI is InChI=1S/C29H20/c1-2-6-20(7-3-1)10-11-21-16-24-12-14-27-26(28(24)17-21)15-13-25-18-22-8-4-5-9-23(22)19-29(25)27/h1-15,17-19H,16H2/b11-10+. The average molecular weight is 368 g/mol. The molecule has 136 valence electrons. The lowest BCUT2D eigenvalue weighted by Gasteiger charge is -2.09. The first-order valence-corrected chi connectivity index (χ1v) is 10.2. The molecule has 0 aliphatic heterocycles. The molecule has 5 aromatic carbocycles. The predicted octanol–water partition coefficient (Wildman–Crippen LogP) is 7.80. The average Bonchev–Trinajstić information content (AvgIpc) is 3.20. The topological polar surface area (TPSA) is 0 Å². The Morgan fingerprint density at radius 2 is 1.31 bits per heavy atom. The Hall–Kier alpha value is -3.64. The molecule has 0 bridgehead atoms. The van der Waals surface area contributed by atoms with Gasteiger partial charge in [0.15, 0.2) is 0 Å². The van der Waals surface area contributed by atoms with Gasteiger partial charge >= 0.3 is 0 Å². The van der Waals surface area contributed by atoms with Crippen LogP contribution in [0, 0.1) is 0 Å². The lowest BCUT2D eigenvalue weighted by molar-refractivity contribution is 1.26. The van der Waals surface area contributed by atoms with Gasteiger partial charge in [-0.05, 0) is 73.1 Å². The number of benzene rings is 5. The summed E-state index contributed by atoms with van der Waals surface area (Å²) in [4.78, 5) is 0. The van der Waals surface area contributed by atoms with E-state index in [4.69, 9.17) is 0 Å². The predicted molar refractivity (Wildman–Crippen MR) is 126 cm³/mol. The minimum Gasteiger partial charge on any atom is -0.0622 e. The van der Waals surface area contributed by atoms with Gasteiger partial charge in [-0.15, -0.1) is 0 Å². The first kappa shape index (κ1) is 16.3. The molecule has 1 aliphatic rings. The normalized spacial score (nSPS) is 13.4. The molecule has 0 nitrogen and oxygen atoms in total. The fourth-order valence-electron chi connectivity index (χ4n) is 4.55. The number of hydrogen-bond donors (Lipinski definition) is 0. The van der Waals surface area contributed by atoms with Crippen molar-refractivity contribution in [3.8, 4) is 0 Å². The molecule has 6 rings (SSSR count). The van der Waals surface area contributed by atoms with E-state index in [1.807, 2.05) is 0 Å². The molecule has 0 unspecified atom stereocenters. The molecule has 1 aliphatic carbocycles. The second-order valence-electron chi connectivity index (χ2n) is 7.86. The zero-order chi connectivity index (χ0) is 19.2. The minimum atomic E-state index is 1.00. The Bertz CT molecular complexity index is 1450. The van der Waals surface area contributed by atoms with Gasteiger partial charge < -0.3 is 0 Å². The Kier molecular flexibility index (Phi) is 3.64. The second kappa shape index (κ2) is 6.46. The number of rotatable bonds is 2. The third kappa shape index (κ3) is 2.77. The third-order valence-corrected chi connectivity index (χ3v) is 6.03. The van der Waals surface area contributed by atoms with E-state index >= 15 is 0 Å². The molecule has 0 fully saturated rings. The van der Waals surface area contributed by atoms with Crippen molar-refractivity contribution in [2.45, 2.75) is 6.42 Å². The van der Waals surface area contributed by atoms with Crippen molar-refractivity contribution in [2.75, 3.05) is 0 Å². The van der Waals surface area contributed by atoms with Gasteiger partial charge in [-0.2, -0.15) is 0 Å². The van der Waals surface area contributed by atoms with Gasteiger partial charge in [0.2, 0.25) is 0 Å². The molecule has 0 heterocycles. The lowest BCUT2D eigenvalue weighted by atomic mass is 9.94. The largest absolute Gasteiger partial charge is 0.0622 e. The van der Waals surface area contributed by atoms with Crippen molar-refractivity contribution >= 4 is 44.5 Å². The zero-order valence-corrected chi connectivity index (χ0v) is 16.1. The first-order chi connectivity index (χ1) is 14.3. The number of hydrogen-bond acceptors (Lipinski definition) is 0. The highest BCUT2D eigenvalue weighted by atomic mass is 14.2. The summed E-state index contributed by atoms with van der Waals surface area (Å²) in [7, 11) is 0. The Morgan fingerprint density at radius 1 is 0.552 bits per heavy atom. The maximum absolute atomic E-state index is 2.37. The molecule has 0 saturated heterocycles. The Labute approximate surface area is 170 Å². The highest BCUT2D eigenvalue weighted by molar-refractivity contribution is 6.14. The van der Waals surface area contributed by atoms with Crippen molar-refractivity contribution in [2.24, 2.45) is 0 Å². The van der Waals surface area contributed by atoms with E-state index in [0.717, 1.165) is 6.42 Å². The van der Waals surface area contributed by atoms with E-state index in [9.17, 15) is 0 Å². The van der Waals surface area contributed by atoms with Gasteiger partial charge in [-0.25, -0.2) is 0 Å². The van der Waals surface area contributed by atoms with E-state index in [0.29, 0.717) is 0 Å². The summed E-state index contributed by atoms with van der Waals surface area (Å²) in [6.45, 7) is 0. The van der Waals surface area contributed by atoms with Crippen LogP contribution in [0.3, 0.4) is 0 Å². The van der Waals surface area contributed by atoms with Crippen molar-refractivity contribution in [3.05, 3.63) is 119 Å². The molecular formula is C29H20. The molecule has 0 atom stereocenters. The highest BCUT2D eigenvalue weighted by Crippen LogP contribution is 2.36. The van der Waals surface area contributed by atoms with Gasteiger partial charge in [-0.1, -0.05) is 97.1 Å². The highest BCUT2D eigenvalue weighted by Gasteiger charge is 2.15. The summed E-state index contributed by atoms with van der Waals surface area (Å²) in [5.41, 5.74) is 5.41.